The Kier molecular flexibility index (Phi) is 4.13. The van der Waals surface area contributed by atoms with Gasteiger partial charge >= 0.3 is 5.97 Å². The van der Waals surface area contributed by atoms with Crippen molar-refractivity contribution in [1.29, 1.82) is 0 Å². The minimum absolute atomic E-state index is 0.0346. The zero-order valence-electron chi connectivity index (χ0n) is 12.6. The van der Waals surface area contributed by atoms with Crippen LogP contribution >= 0.6 is 0 Å². The largest absolute Gasteiger partial charge is 0.478 e. The Morgan fingerprint density at radius 2 is 2.00 bits per heavy atom. The highest BCUT2D eigenvalue weighted by molar-refractivity contribution is 7.89. The normalized spacial score (nSPS) is 19.4. The van der Waals surface area contributed by atoms with Crippen LogP contribution < -0.4 is 0 Å². The fourth-order valence-electron chi connectivity index (χ4n) is 2.72. The van der Waals surface area contributed by atoms with E-state index in [1.807, 2.05) is 13.8 Å². The maximum Gasteiger partial charge on any atom is 0.335 e. The van der Waals surface area contributed by atoms with Crippen LogP contribution in [0, 0.1) is 12.3 Å². The molecular formula is C15H21NO4S. The van der Waals surface area contributed by atoms with E-state index in [0.29, 0.717) is 18.7 Å². The molecular weight excluding hydrogens is 290 g/mol. The number of nitrogens with zero attached hydrogens (tertiary/aromatic N) is 1. The number of carboxylic acid groups (broad SMARTS) is 1. The summed E-state index contributed by atoms with van der Waals surface area (Å²) in [5.74, 6) is -1.11. The van der Waals surface area contributed by atoms with Crippen LogP contribution in [-0.2, 0) is 10.0 Å². The third kappa shape index (κ3) is 3.27. The van der Waals surface area contributed by atoms with Crippen molar-refractivity contribution in [3.8, 4) is 0 Å². The zero-order chi connectivity index (χ0) is 15.8. The lowest BCUT2D eigenvalue weighted by Crippen LogP contribution is -2.43. The van der Waals surface area contributed by atoms with Crippen LogP contribution in [-0.4, -0.2) is 36.9 Å². The molecule has 0 radical (unpaired) electrons. The monoisotopic (exact) mass is 311 g/mol. The molecule has 0 amide bonds. The summed E-state index contributed by atoms with van der Waals surface area (Å²) in [4.78, 5) is 11.2. The minimum atomic E-state index is -3.64. The molecule has 0 spiro atoms. The van der Waals surface area contributed by atoms with Gasteiger partial charge in [-0.25, -0.2) is 13.2 Å². The van der Waals surface area contributed by atoms with Crippen LogP contribution in [0.3, 0.4) is 0 Å². The Bertz CT molecular complexity index is 664. The third-order valence-corrected chi connectivity index (χ3v) is 5.78. The Balaban J connectivity index is 2.40. The van der Waals surface area contributed by atoms with Gasteiger partial charge in [-0.1, -0.05) is 19.9 Å². The van der Waals surface area contributed by atoms with Gasteiger partial charge < -0.3 is 5.11 Å². The first-order valence-corrected chi connectivity index (χ1v) is 8.42. The van der Waals surface area contributed by atoms with Crippen molar-refractivity contribution in [2.45, 2.75) is 38.5 Å². The lowest BCUT2D eigenvalue weighted by Gasteiger charge is -2.37. The van der Waals surface area contributed by atoms with Crippen molar-refractivity contribution in [2.75, 3.05) is 13.1 Å². The summed E-state index contributed by atoms with van der Waals surface area (Å²) in [5.41, 5.74) is 0.541. The van der Waals surface area contributed by atoms with Crippen LogP contribution in [0.15, 0.2) is 23.1 Å². The number of hydrogen-bond acceptors (Lipinski definition) is 3. The van der Waals surface area contributed by atoms with E-state index in [2.05, 4.69) is 0 Å². The molecule has 1 aliphatic heterocycles. The maximum atomic E-state index is 12.7. The number of carbonyl (C=O) groups is 1. The second kappa shape index (κ2) is 5.42. The van der Waals surface area contributed by atoms with Crippen molar-refractivity contribution in [3.63, 3.8) is 0 Å². The van der Waals surface area contributed by atoms with Crippen LogP contribution in [0.1, 0.15) is 42.6 Å². The molecule has 5 nitrogen and oxygen atoms in total. The topological polar surface area (TPSA) is 74.7 Å². The highest BCUT2D eigenvalue weighted by Gasteiger charge is 2.34. The van der Waals surface area contributed by atoms with E-state index < -0.39 is 16.0 Å². The second-order valence-corrected chi connectivity index (χ2v) is 8.33. The van der Waals surface area contributed by atoms with Gasteiger partial charge in [0.1, 0.15) is 0 Å². The average molecular weight is 311 g/mol. The molecule has 0 saturated carbocycles. The van der Waals surface area contributed by atoms with Gasteiger partial charge in [0.05, 0.1) is 10.5 Å². The molecule has 0 aromatic heterocycles. The van der Waals surface area contributed by atoms with Gasteiger partial charge in [-0.3, -0.25) is 0 Å². The van der Waals surface area contributed by atoms with Crippen LogP contribution in [0.5, 0.6) is 0 Å². The molecule has 2 rings (SSSR count). The number of aromatic carboxylic acids is 1. The van der Waals surface area contributed by atoms with E-state index in [4.69, 9.17) is 5.11 Å². The molecule has 6 heteroatoms. The van der Waals surface area contributed by atoms with Crippen LogP contribution in [0.2, 0.25) is 0 Å². The zero-order valence-corrected chi connectivity index (χ0v) is 13.4. The van der Waals surface area contributed by atoms with Crippen molar-refractivity contribution >= 4 is 16.0 Å². The number of sulfonamides is 1. The number of hydrogen-bond donors (Lipinski definition) is 1. The first kappa shape index (κ1) is 16.0. The molecule has 116 valence electrons. The van der Waals surface area contributed by atoms with Crippen molar-refractivity contribution in [3.05, 3.63) is 29.3 Å². The Morgan fingerprint density at radius 1 is 1.33 bits per heavy atom. The van der Waals surface area contributed by atoms with E-state index in [0.717, 1.165) is 12.8 Å². The second-order valence-electron chi connectivity index (χ2n) is 6.39. The molecule has 1 aliphatic rings. The molecule has 1 N–H and O–H groups in total. The Hall–Kier alpha value is -1.40. The van der Waals surface area contributed by atoms with Crippen molar-refractivity contribution in [2.24, 2.45) is 5.41 Å². The number of aryl methyl sites for hydroxylation is 1. The highest BCUT2D eigenvalue weighted by atomic mass is 32.2. The van der Waals surface area contributed by atoms with Gasteiger partial charge in [0.15, 0.2) is 0 Å². The maximum absolute atomic E-state index is 12.7. The summed E-state index contributed by atoms with van der Waals surface area (Å²) in [7, 11) is -3.64. The van der Waals surface area contributed by atoms with Gasteiger partial charge in [0.2, 0.25) is 10.0 Å². The van der Waals surface area contributed by atoms with Crippen molar-refractivity contribution in [1.82, 2.24) is 4.31 Å². The van der Waals surface area contributed by atoms with Gasteiger partial charge in [-0.15, -0.1) is 0 Å². The molecule has 0 unspecified atom stereocenters. The Morgan fingerprint density at radius 3 is 2.57 bits per heavy atom. The lowest BCUT2D eigenvalue weighted by atomic mass is 9.85. The predicted octanol–water partition coefficient (Wildman–Crippen LogP) is 2.50. The molecule has 0 bridgehead atoms. The van der Waals surface area contributed by atoms with Gasteiger partial charge in [-0.05, 0) is 42.9 Å². The van der Waals surface area contributed by atoms with Gasteiger partial charge in [0, 0.05) is 13.1 Å². The molecule has 0 atom stereocenters. The molecule has 0 aliphatic carbocycles. The number of benzene rings is 1. The quantitative estimate of drug-likeness (QED) is 0.930. The molecule has 1 fully saturated rings. The predicted molar refractivity (Wildman–Crippen MR) is 79.9 cm³/mol. The molecule has 1 aromatic rings. The summed E-state index contributed by atoms with van der Waals surface area (Å²) in [6.45, 7) is 6.70. The lowest BCUT2D eigenvalue weighted by molar-refractivity contribution is 0.0696. The summed E-state index contributed by atoms with van der Waals surface area (Å²) >= 11 is 0. The fourth-order valence-corrected chi connectivity index (χ4v) is 4.41. The molecule has 1 heterocycles. The average Bonchev–Trinajstić information content (AvgIpc) is 2.37. The van der Waals surface area contributed by atoms with E-state index in [-0.39, 0.29) is 15.9 Å². The van der Waals surface area contributed by atoms with Crippen LogP contribution in [0.25, 0.3) is 0 Å². The van der Waals surface area contributed by atoms with E-state index in [9.17, 15) is 13.2 Å². The number of carboxylic acids is 1. The molecule has 1 aromatic carbocycles. The standard InChI is InChI=1S/C15H21NO4S/c1-11-5-6-12(9-13(11)14(17)18)21(19,20)16-8-4-7-15(2,3)10-16/h5-6,9H,4,7-8,10H2,1-3H3,(H,17,18). The van der Waals surface area contributed by atoms with Crippen molar-refractivity contribution < 1.29 is 18.3 Å². The first-order valence-electron chi connectivity index (χ1n) is 6.98. The summed E-state index contributed by atoms with van der Waals surface area (Å²) in [5, 5.41) is 9.14. The fraction of sp³-hybridized carbons (Fsp3) is 0.533. The van der Waals surface area contributed by atoms with Gasteiger partial charge in [0.25, 0.3) is 0 Å². The summed E-state index contributed by atoms with van der Waals surface area (Å²) in [6, 6.07) is 4.29. The highest BCUT2D eigenvalue weighted by Crippen LogP contribution is 2.32. The molecule has 1 saturated heterocycles. The Labute approximate surface area is 125 Å². The van der Waals surface area contributed by atoms with Gasteiger partial charge in [-0.2, -0.15) is 4.31 Å². The van der Waals surface area contributed by atoms with E-state index in [1.54, 1.807) is 13.0 Å². The third-order valence-electron chi connectivity index (χ3n) is 3.94. The van der Waals surface area contributed by atoms with E-state index >= 15 is 0 Å². The SMILES string of the molecule is Cc1ccc(S(=O)(=O)N2CCCC(C)(C)C2)cc1C(=O)O. The minimum Gasteiger partial charge on any atom is -0.478 e. The number of rotatable bonds is 3. The summed E-state index contributed by atoms with van der Waals surface area (Å²) in [6.07, 6.45) is 1.82. The summed E-state index contributed by atoms with van der Waals surface area (Å²) < 4.78 is 26.9. The van der Waals surface area contributed by atoms with Crippen LogP contribution in [0.4, 0.5) is 0 Å². The number of piperidine rings is 1. The molecule has 21 heavy (non-hydrogen) atoms. The first-order chi connectivity index (χ1) is 9.63. The smallest absolute Gasteiger partial charge is 0.335 e. The van der Waals surface area contributed by atoms with E-state index in [1.165, 1.54) is 16.4 Å².